The molecule has 1 spiro atoms. The topological polar surface area (TPSA) is 87.2 Å². The van der Waals surface area contributed by atoms with E-state index in [2.05, 4.69) is 0 Å². The fourth-order valence-electron chi connectivity index (χ4n) is 3.32. The van der Waals surface area contributed by atoms with E-state index in [0.717, 1.165) is 12.8 Å². The van der Waals surface area contributed by atoms with Crippen LogP contribution >= 0.6 is 0 Å². The molecule has 3 fully saturated rings. The van der Waals surface area contributed by atoms with Crippen LogP contribution in [0.3, 0.4) is 0 Å². The molecule has 2 aliphatic heterocycles. The molecule has 21 heavy (non-hydrogen) atoms. The SMILES string of the molecule is CN([C@H]1COC2(CCN(C(=O)O)CC2)C1)S(=O)(=O)C1CC1. The van der Waals surface area contributed by atoms with Crippen molar-refractivity contribution in [1.29, 1.82) is 0 Å². The zero-order valence-corrected chi connectivity index (χ0v) is 13.0. The van der Waals surface area contributed by atoms with Gasteiger partial charge in [-0.05, 0) is 32.1 Å². The van der Waals surface area contributed by atoms with Crippen molar-refractivity contribution >= 4 is 16.1 Å². The van der Waals surface area contributed by atoms with Gasteiger partial charge in [-0.1, -0.05) is 0 Å². The monoisotopic (exact) mass is 318 g/mol. The van der Waals surface area contributed by atoms with Gasteiger partial charge in [0.05, 0.1) is 23.5 Å². The second kappa shape index (κ2) is 5.10. The van der Waals surface area contributed by atoms with Crippen molar-refractivity contribution < 1.29 is 23.1 Å². The van der Waals surface area contributed by atoms with E-state index in [1.54, 1.807) is 7.05 Å². The molecule has 3 aliphatic rings. The van der Waals surface area contributed by atoms with Crippen molar-refractivity contribution in [3.63, 3.8) is 0 Å². The van der Waals surface area contributed by atoms with E-state index < -0.39 is 16.1 Å². The number of piperidine rings is 1. The molecular formula is C13H22N2O5S. The Bertz CT molecular complexity index is 523. The van der Waals surface area contributed by atoms with Gasteiger partial charge in [-0.15, -0.1) is 0 Å². The van der Waals surface area contributed by atoms with Gasteiger partial charge in [0, 0.05) is 20.1 Å². The van der Waals surface area contributed by atoms with Crippen LogP contribution in [0.1, 0.15) is 32.1 Å². The number of carbonyl (C=O) groups is 1. The summed E-state index contributed by atoms with van der Waals surface area (Å²) in [6.45, 7) is 1.33. The summed E-state index contributed by atoms with van der Waals surface area (Å²) in [7, 11) is -1.53. The molecule has 8 heteroatoms. The Kier molecular flexibility index (Phi) is 3.66. The number of hydrogen-bond acceptors (Lipinski definition) is 4. The first-order chi connectivity index (χ1) is 9.84. The summed E-state index contributed by atoms with van der Waals surface area (Å²) in [5, 5.41) is 8.78. The summed E-state index contributed by atoms with van der Waals surface area (Å²) >= 11 is 0. The molecule has 0 aromatic carbocycles. The molecular weight excluding hydrogens is 296 g/mol. The Balaban J connectivity index is 1.62. The van der Waals surface area contributed by atoms with Crippen LogP contribution in [-0.4, -0.2) is 72.5 Å². The fourth-order valence-corrected chi connectivity index (χ4v) is 5.07. The molecule has 2 heterocycles. The van der Waals surface area contributed by atoms with E-state index in [4.69, 9.17) is 9.84 Å². The first-order valence-corrected chi connectivity index (χ1v) is 8.93. The summed E-state index contributed by atoms with van der Waals surface area (Å²) < 4.78 is 32.0. The Morgan fingerprint density at radius 3 is 2.48 bits per heavy atom. The van der Waals surface area contributed by atoms with E-state index >= 15 is 0 Å². The van der Waals surface area contributed by atoms with E-state index in [1.807, 2.05) is 0 Å². The second-order valence-electron chi connectivity index (χ2n) is 6.38. The largest absolute Gasteiger partial charge is 0.465 e. The number of likely N-dealkylation sites (tertiary alicyclic amines) is 1. The lowest BCUT2D eigenvalue weighted by Crippen LogP contribution is -2.47. The first kappa shape index (κ1) is 15.1. The molecule has 2 saturated heterocycles. The lowest BCUT2D eigenvalue weighted by molar-refractivity contribution is -0.0396. The average Bonchev–Trinajstić information content (AvgIpc) is 3.23. The Labute approximate surface area is 124 Å². The van der Waals surface area contributed by atoms with Gasteiger partial charge >= 0.3 is 6.09 Å². The number of carboxylic acid groups (broad SMARTS) is 1. The Morgan fingerprint density at radius 1 is 1.33 bits per heavy atom. The molecule has 120 valence electrons. The summed E-state index contributed by atoms with van der Waals surface area (Å²) in [5.74, 6) is 0. The maximum atomic E-state index is 12.3. The molecule has 0 unspecified atom stereocenters. The number of rotatable bonds is 3. The van der Waals surface area contributed by atoms with Gasteiger partial charge in [0.15, 0.2) is 0 Å². The average molecular weight is 318 g/mol. The van der Waals surface area contributed by atoms with Crippen molar-refractivity contribution in [2.75, 3.05) is 26.7 Å². The van der Waals surface area contributed by atoms with Gasteiger partial charge in [0.1, 0.15) is 0 Å². The second-order valence-corrected chi connectivity index (χ2v) is 8.65. The maximum Gasteiger partial charge on any atom is 0.407 e. The number of ether oxygens (including phenoxy) is 1. The minimum Gasteiger partial charge on any atom is -0.465 e. The quantitative estimate of drug-likeness (QED) is 0.828. The number of nitrogens with zero attached hydrogens (tertiary/aromatic N) is 2. The Morgan fingerprint density at radius 2 is 1.95 bits per heavy atom. The smallest absolute Gasteiger partial charge is 0.407 e. The highest BCUT2D eigenvalue weighted by atomic mass is 32.2. The van der Waals surface area contributed by atoms with Crippen LogP contribution in [0.25, 0.3) is 0 Å². The van der Waals surface area contributed by atoms with Crippen LogP contribution in [0.5, 0.6) is 0 Å². The van der Waals surface area contributed by atoms with Crippen molar-refractivity contribution in [3.8, 4) is 0 Å². The molecule has 0 bridgehead atoms. The lowest BCUT2D eigenvalue weighted by Gasteiger charge is -2.37. The van der Waals surface area contributed by atoms with Crippen molar-refractivity contribution in [2.24, 2.45) is 0 Å². The summed E-state index contributed by atoms with van der Waals surface area (Å²) in [4.78, 5) is 12.3. The summed E-state index contributed by atoms with van der Waals surface area (Å²) in [6.07, 6.45) is 2.59. The van der Waals surface area contributed by atoms with Crippen molar-refractivity contribution in [3.05, 3.63) is 0 Å². The lowest BCUT2D eigenvalue weighted by atomic mass is 9.87. The van der Waals surface area contributed by atoms with Gasteiger partial charge in [0.25, 0.3) is 0 Å². The standard InChI is InChI=1S/C13H22N2O5S/c1-14(21(18,19)11-2-3-11)10-8-13(20-9-10)4-6-15(7-5-13)12(16)17/h10-11H,2-9H2,1H3,(H,16,17)/t10-/m1/s1. The van der Waals surface area contributed by atoms with Crippen LogP contribution in [0, 0.1) is 0 Å². The van der Waals surface area contributed by atoms with Crippen molar-refractivity contribution in [2.45, 2.75) is 49.0 Å². The minimum atomic E-state index is -3.18. The van der Waals surface area contributed by atoms with E-state index in [1.165, 1.54) is 9.21 Å². The van der Waals surface area contributed by atoms with Crippen LogP contribution < -0.4 is 0 Å². The molecule has 3 rings (SSSR count). The zero-order valence-electron chi connectivity index (χ0n) is 12.2. The molecule has 1 atom stereocenters. The number of hydrogen-bond donors (Lipinski definition) is 1. The third kappa shape index (κ3) is 2.76. The maximum absolute atomic E-state index is 12.3. The molecule has 7 nitrogen and oxygen atoms in total. The number of sulfonamides is 1. The number of amides is 1. The predicted molar refractivity (Wildman–Crippen MR) is 75.6 cm³/mol. The normalized spacial score (nSPS) is 29.2. The first-order valence-electron chi connectivity index (χ1n) is 7.43. The van der Waals surface area contributed by atoms with E-state index in [0.29, 0.717) is 39.0 Å². The third-order valence-corrected chi connectivity index (χ3v) is 7.41. The van der Waals surface area contributed by atoms with Crippen LogP contribution in [-0.2, 0) is 14.8 Å². The minimum absolute atomic E-state index is 0.119. The molecule has 0 aromatic heterocycles. The summed E-state index contributed by atoms with van der Waals surface area (Å²) in [6, 6.07) is -0.119. The van der Waals surface area contributed by atoms with Gasteiger partial charge in [-0.2, -0.15) is 4.31 Å². The van der Waals surface area contributed by atoms with E-state index in [9.17, 15) is 13.2 Å². The highest BCUT2D eigenvalue weighted by Crippen LogP contribution is 2.40. The molecule has 1 saturated carbocycles. The summed E-state index contributed by atoms with van der Waals surface area (Å²) in [5.41, 5.74) is -0.343. The van der Waals surface area contributed by atoms with Crippen LogP contribution in [0.2, 0.25) is 0 Å². The Hall–Kier alpha value is -0.860. The van der Waals surface area contributed by atoms with Gasteiger partial charge in [-0.25, -0.2) is 13.2 Å². The highest BCUT2D eigenvalue weighted by molar-refractivity contribution is 7.90. The van der Waals surface area contributed by atoms with Crippen LogP contribution in [0.15, 0.2) is 0 Å². The van der Waals surface area contributed by atoms with Gasteiger partial charge in [-0.3, -0.25) is 0 Å². The molecule has 1 amide bonds. The molecule has 0 aromatic rings. The van der Waals surface area contributed by atoms with E-state index in [-0.39, 0.29) is 16.9 Å². The number of likely N-dealkylation sites (N-methyl/N-ethyl adjacent to an activating group) is 1. The van der Waals surface area contributed by atoms with Gasteiger partial charge in [0.2, 0.25) is 10.0 Å². The zero-order chi connectivity index (χ0) is 15.3. The van der Waals surface area contributed by atoms with Crippen LogP contribution in [0.4, 0.5) is 4.79 Å². The molecule has 1 N–H and O–H groups in total. The molecule has 1 aliphatic carbocycles. The predicted octanol–water partition coefficient (Wildman–Crippen LogP) is 0.712. The highest BCUT2D eigenvalue weighted by Gasteiger charge is 2.48. The third-order valence-electron chi connectivity index (χ3n) is 5.00. The van der Waals surface area contributed by atoms with Gasteiger partial charge < -0.3 is 14.7 Å². The van der Waals surface area contributed by atoms with Crippen molar-refractivity contribution in [1.82, 2.24) is 9.21 Å². The molecule has 0 radical (unpaired) electrons. The fraction of sp³-hybridized carbons (Fsp3) is 0.923.